The number of aliphatic hydroxyl groups excluding tert-OH is 1. The molecule has 114 valence electrons. The van der Waals surface area contributed by atoms with Gasteiger partial charge in [0.2, 0.25) is 5.91 Å². The Hall–Kier alpha value is -2.10. The van der Waals surface area contributed by atoms with Crippen LogP contribution in [0.4, 0.5) is 0 Å². The van der Waals surface area contributed by atoms with Crippen LogP contribution in [0, 0.1) is 17.2 Å². The van der Waals surface area contributed by atoms with E-state index in [1.165, 1.54) is 0 Å². The highest BCUT2D eigenvalue weighted by Gasteiger charge is 2.19. The third kappa shape index (κ3) is 5.81. The number of hydrogen-bond donors (Lipinski definition) is 3. The van der Waals surface area contributed by atoms with Crippen molar-refractivity contribution in [2.24, 2.45) is 11.7 Å². The van der Waals surface area contributed by atoms with Crippen LogP contribution in [-0.2, 0) is 4.79 Å². The lowest BCUT2D eigenvalue weighted by Gasteiger charge is -2.21. The van der Waals surface area contributed by atoms with Crippen molar-refractivity contribution >= 4 is 5.91 Å². The number of ether oxygens (including phenoxy) is 1. The molecule has 6 heteroatoms. The number of hydrogen-bond acceptors (Lipinski definition) is 5. The van der Waals surface area contributed by atoms with E-state index in [4.69, 9.17) is 15.7 Å². The van der Waals surface area contributed by atoms with Crippen molar-refractivity contribution < 1.29 is 14.6 Å². The van der Waals surface area contributed by atoms with Gasteiger partial charge in [-0.2, -0.15) is 5.26 Å². The molecule has 0 aliphatic carbocycles. The average Bonchev–Trinajstić information content (AvgIpc) is 2.45. The quantitative estimate of drug-likeness (QED) is 0.642. The summed E-state index contributed by atoms with van der Waals surface area (Å²) in [5, 5.41) is 21.4. The number of nitrogens with one attached hydrogen (secondary N) is 1. The van der Waals surface area contributed by atoms with Crippen molar-refractivity contribution in [3.05, 3.63) is 29.8 Å². The van der Waals surface area contributed by atoms with E-state index in [1.54, 1.807) is 24.3 Å². The fraction of sp³-hybridized carbons (Fsp3) is 0.467. The van der Waals surface area contributed by atoms with Gasteiger partial charge in [-0.15, -0.1) is 0 Å². The molecule has 0 heterocycles. The monoisotopic (exact) mass is 291 g/mol. The highest BCUT2D eigenvalue weighted by molar-refractivity contribution is 5.80. The number of rotatable bonds is 8. The summed E-state index contributed by atoms with van der Waals surface area (Å²) in [6, 6.07) is 8.15. The number of nitrogens with two attached hydrogens (primary N) is 1. The van der Waals surface area contributed by atoms with Crippen LogP contribution < -0.4 is 15.8 Å². The number of nitriles is 1. The predicted octanol–water partition coefficient (Wildman–Crippen LogP) is 0.397. The van der Waals surface area contributed by atoms with E-state index in [0.717, 1.165) is 0 Å². The lowest BCUT2D eigenvalue weighted by Crippen LogP contribution is -2.48. The first kappa shape index (κ1) is 17.0. The first-order chi connectivity index (χ1) is 9.93. The molecule has 2 unspecified atom stereocenters. The summed E-state index contributed by atoms with van der Waals surface area (Å²) < 4.78 is 5.40. The van der Waals surface area contributed by atoms with Crippen LogP contribution in [0.15, 0.2) is 24.3 Å². The Morgan fingerprint density at radius 1 is 1.43 bits per heavy atom. The molecule has 1 rings (SSSR count). The molecule has 1 amide bonds. The van der Waals surface area contributed by atoms with Crippen LogP contribution in [0.3, 0.4) is 0 Å². The second kappa shape index (κ2) is 8.25. The Kier molecular flexibility index (Phi) is 6.66. The van der Waals surface area contributed by atoms with Gasteiger partial charge in [0, 0.05) is 6.54 Å². The number of primary amides is 1. The molecule has 6 nitrogen and oxygen atoms in total. The zero-order chi connectivity index (χ0) is 15.8. The summed E-state index contributed by atoms with van der Waals surface area (Å²) >= 11 is 0. The molecule has 0 aliphatic heterocycles. The maximum atomic E-state index is 11.2. The zero-order valence-electron chi connectivity index (χ0n) is 12.2. The first-order valence-electron chi connectivity index (χ1n) is 6.77. The van der Waals surface area contributed by atoms with Crippen molar-refractivity contribution in [3.8, 4) is 11.8 Å². The van der Waals surface area contributed by atoms with Crippen molar-refractivity contribution in [3.63, 3.8) is 0 Å². The molecule has 2 atom stereocenters. The number of aliphatic hydroxyl groups is 1. The van der Waals surface area contributed by atoms with E-state index < -0.39 is 18.1 Å². The standard InChI is InChI=1S/C15H21N3O3/c1-10(2)14(15(17)20)18-8-12(19)9-21-13-5-3-11(7-16)4-6-13/h3-6,10,12,14,18-19H,8-9H2,1-2H3,(H2,17,20). The van der Waals surface area contributed by atoms with E-state index in [1.807, 2.05) is 19.9 Å². The van der Waals surface area contributed by atoms with Gasteiger partial charge in [-0.05, 0) is 30.2 Å². The van der Waals surface area contributed by atoms with Crippen LogP contribution >= 0.6 is 0 Å². The zero-order valence-corrected chi connectivity index (χ0v) is 12.2. The van der Waals surface area contributed by atoms with E-state index >= 15 is 0 Å². The predicted molar refractivity (Wildman–Crippen MR) is 78.5 cm³/mol. The lowest BCUT2D eigenvalue weighted by molar-refractivity contribution is -0.121. The number of carbonyl (C=O) groups is 1. The second-order valence-electron chi connectivity index (χ2n) is 5.13. The summed E-state index contributed by atoms with van der Waals surface area (Å²) in [5.41, 5.74) is 5.82. The normalized spacial score (nSPS) is 13.5. The molecular weight excluding hydrogens is 270 g/mol. The van der Waals surface area contributed by atoms with Crippen molar-refractivity contribution in [1.29, 1.82) is 5.26 Å². The van der Waals surface area contributed by atoms with Crippen LogP contribution in [0.1, 0.15) is 19.4 Å². The van der Waals surface area contributed by atoms with Crippen LogP contribution in [0.2, 0.25) is 0 Å². The molecule has 21 heavy (non-hydrogen) atoms. The summed E-state index contributed by atoms with van der Waals surface area (Å²) in [7, 11) is 0. The van der Waals surface area contributed by atoms with Gasteiger partial charge in [-0.3, -0.25) is 4.79 Å². The summed E-state index contributed by atoms with van der Waals surface area (Å²) in [6.45, 7) is 4.05. The molecule has 0 saturated carbocycles. The molecule has 1 aromatic rings. The van der Waals surface area contributed by atoms with Gasteiger partial charge >= 0.3 is 0 Å². The fourth-order valence-electron chi connectivity index (χ4n) is 1.80. The smallest absolute Gasteiger partial charge is 0.234 e. The molecule has 1 aromatic carbocycles. The van der Waals surface area contributed by atoms with Gasteiger partial charge in [-0.25, -0.2) is 0 Å². The number of amides is 1. The molecule has 0 fully saturated rings. The molecule has 0 radical (unpaired) electrons. The van der Waals surface area contributed by atoms with Gasteiger partial charge in [0.25, 0.3) is 0 Å². The van der Waals surface area contributed by atoms with Crippen LogP contribution in [0.25, 0.3) is 0 Å². The maximum absolute atomic E-state index is 11.2. The topological polar surface area (TPSA) is 108 Å². The van der Waals surface area contributed by atoms with Crippen molar-refractivity contribution in [1.82, 2.24) is 5.32 Å². The van der Waals surface area contributed by atoms with Crippen molar-refractivity contribution in [2.75, 3.05) is 13.2 Å². The van der Waals surface area contributed by atoms with E-state index in [-0.39, 0.29) is 19.1 Å². The molecule has 0 aromatic heterocycles. The van der Waals surface area contributed by atoms with Gasteiger partial charge in [0.15, 0.2) is 0 Å². The minimum Gasteiger partial charge on any atom is -0.491 e. The molecule has 0 spiro atoms. The van der Waals surface area contributed by atoms with E-state index in [2.05, 4.69) is 5.32 Å². The summed E-state index contributed by atoms with van der Waals surface area (Å²) in [5.74, 6) is 0.183. The van der Waals surface area contributed by atoms with E-state index in [9.17, 15) is 9.90 Å². The average molecular weight is 291 g/mol. The van der Waals surface area contributed by atoms with Gasteiger partial charge in [-0.1, -0.05) is 13.8 Å². The van der Waals surface area contributed by atoms with Gasteiger partial charge < -0.3 is 20.9 Å². The third-order valence-corrected chi connectivity index (χ3v) is 2.97. The SMILES string of the molecule is CC(C)C(NCC(O)COc1ccc(C#N)cc1)C(N)=O. The molecule has 0 saturated heterocycles. The highest BCUT2D eigenvalue weighted by atomic mass is 16.5. The number of benzene rings is 1. The Bertz CT molecular complexity index is 494. The maximum Gasteiger partial charge on any atom is 0.234 e. The molecule has 0 bridgehead atoms. The first-order valence-corrected chi connectivity index (χ1v) is 6.77. The Balaban J connectivity index is 2.38. The third-order valence-electron chi connectivity index (χ3n) is 2.97. The number of carbonyl (C=O) groups excluding carboxylic acids is 1. The van der Waals surface area contributed by atoms with Crippen LogP contribution in [0.5, 0.6) is 5.75 Å². The minimum atomic E-state index is -0.763. The fourth-order valence-corrected chi connectivity index (χ4v) is 1.80. The van der Waals surface area contributed by atoms with Crippen molar-refractivity contribution in [2.45, 2.75) is 26.0 Å². The van der Waals surface area contributed by atoms with Crippen LogP contribution in [-0.4, -0.2) is 36.3 Å². The molecule has 0 aliphatic rings. The minimum absolute atomic E-state index is 0.0501. The Labute approximate surface area is 124 Å². The Morgan fingerprint density at radius 3 is 2.52 bits per heavy atom. The number of nitrogens with zero attached hydrogens (tertiary/aromatic N) is 1. The van der Waals surface area contributed by atoms with Gasteiger partial charge in [0.1, 0.15) is 18.5 Å². The Morgan fingerprint density at radius 2 is 2.05 bits per heavy atom. The second-order valence-corrected chi connectivity index (χ2v) is 5.13. The molecular formula is C15H21N3O3. The van der Waals surface area contributed by atoms with E-state index in [0.29, 0.717) is 11.3 Å². The summed E-state index contributed by atoms with van der Waals surface area (Å²) in [4.78, 5) is 11.2. The highest BCUT2D eigenvalue weighted by Crippen LogP contribution is 2.11. The van der Waals surface area contributed by atoms with Gasteiger partial charge in [0.05, 0.1) is 17.7 Å². The lowest BCUT2D eigenvalue weighted by atomic mass is 10.0. The summed E-state index contributed by atoms with van der Waals surface area (Å²) in [6.07, 6.45) is -0.763. The molecule has 4 N–H and O–H groups in total. The largest absolute Gasteiger partial charge is 0.491 e.